The van der Waals surface area contributed by atoms with Crippen molar-refractivity contribution < 1.29 is 9.53 Å². The van der Waals surface area contributed by atoms with Crippen molar-refractivity contribution in [2.75, 3.05) is 7.11 Å². The van der Waals surface area contributed by atoms with Crippen molar-refractivity contribution in [3.8, 4) is 5.75 Å². The van der Waals surface area contributed by atoms with Gasteiger partial charge in [-0.15, -0.1) is 0 Å². The summed E-state index contributed by atoms with van der Waals surface area (Å²) in [4.78, 5) is 16.9. The first-order valence-electron chi connectivity index (χ1n) is 6.42. The summed E-state index contributed by atoms with van der Waals surface area (Å²) in [6, 6.07) is 14.5. The Hall–Kier alpha value is -2.39. The standard InChI is InChI=1S/C17H12ClNO2/c1-21-15-10-12(6-7-14(15)18)17(20)16-13-5-3-2-4-11(13)8-9-19-16/h2-10H,1H3. The maximum absolute atomic E-state index is 12.7. The van der Waals surface area contributed by atoms with Gasteiger partial charge in [-0.05, 0) is 29.7 Å². The third-order valence-corrected chi connectivity index (χ3v) is 3.61. The Bertz CT molecular complexity index is 825. The van der Waals surface area contributed by atoms with Crippen LogP contribution in [-0.2, 0) is 0 Å². The molecular weight excluding hydrogens is 286 g/mol. The molecule has 3 rings (SSSR count). The molecule has 1 heterocycles. The number of nitrogens with zero attached hydrogens (tertiary/aromatic N) is 1. The summed E-state index contributed by atoms with van der Waals surface area (Å²) in [7, 11) is 1.52. The van der Waals surface area contributed by atoms with Gasteiger partial charge in [0.2, 0.25) is 5.78 Å². The number of carbonyl (C=O) groups is 1. The molecule has 0 unspecified atom stereocenters. The number of ketones is 1. The Balaban J connectivity index is 2.13. The van der Waals surface area contributed by atoms with Crippen molar-refractivity contribution in [3.63, 3.8) is 0 Å². The molecule has 2 aromatic carbocycles. The van der Waals surface area contributed by atoms with Crippen LogP contribution in [0.2, 0.25) is 5.02 Å². The zero-order chi connectivity index (χ0) is 14.8. The van der Waals surface area contributed by atoms with E-state index in [4.69, 9.17) is 16.3 Å². The van der Waals surface area contributed by atoms with Crippen molar-refractivity contribution in [1.82, 2.24) is 4.98 Å². The second-order valence-electron chi connectivity index (χ2n) is 4.56. The highest BCUT2D eigenvalue weighted by Gasteiger charge is 2.15. The minimum atomic E-state index is -0.151. The van der Waals surface area contributed by atoms with Gasteiger partial charge in [0, 0.05) is 17.1 Å². The van der Waals surface area contributed by atoms with Gasteiger partial charge >= 0.3 is 0 Å². The van der Waals surface area contributed by atoms with Crippen LogP contribution in [0.25, 0.3) is 10.8 Å². The Morgan fingerprint density at radius 1 is 1.14 bits per heavy atom. The third kappa shape index (κ3) is 2.48. The second-order valence-corrected chi connectivity index (χ2v) is 4.97. The Labute approximate surface area is 127 Å². The highest BCUT2D eigenvalue weighted by molar-refractivity contribution is 6.32. The molecular formula is C17H12ClNO2. The summed E-state index contributed by atoms with van der Waals surface area (Å²) in [6.07, 6.45) is 1.64. The number of rotatable bonds is 3. The summed E-state index contributed by atoms with van der Waals surface area (Å²) in [5.41, 5.74) is 0.928. The van der Waals surface area contributed by atoms with Crippen molar-refractivity contribution in [2.45, 2.75) is 0 Å². The summed E-state index contributed by atoms with van der Waals surface area (Å²) < 4.78 is 5.15. The predicted octanol–water partition coefficient (Wildman–Crippen LogP) is 4.13. The van der Waals surface area contributed by atoms with Gasteiger partial charge in [-0.3, -0.25) is 9.78 Å². The number of carbonyl (C=O) groups excluding carboxylic acids is 1. The van der Waals surface area contributed by atoms with Gasteiger partial charge in [0.15, 0.2) is 0 Å². The van der Waals surface area contributed by atoms with E-state index in [2.05, 4.69) is 4.98 Å². The summed E-state index contributed by atoms with van der Waals surface area (Å²) in [6.45, 7) is 0. The number of ether oxygens (including phenoxy) is 1. The van der Waals surface area contributed by atoms with E-state index in [1.54, 1.807) is 24.4 Å². The Kier molecular flexibility index (Phi) is 3.59. The molecule has 0 bridgehead atoms. The quantitative estimate of drug-likeness (QED) is 0.682. The van der Waals surface area contributed by atoms with Crippen LogP contribution in [0.15, 0.2) is 54.7 Å². The van der Waals surface area contributed by atoms with Crippen LogP contribution in [0, 0.1) is 0 Å². The molecule has 0 amide bonds. The molecule has 0 saturated carbocycles. The molecule has 3 aromatic rings. The third-order valence-electron chi connectivity index (χ3n) is 3.30. The number of pyridine rings is 1. The fourth-order valence-corrected chi connectivity index (χ4v) is 2.43. The molecule has 0 radical (unpaired) electrons. The maximum Gasteiger partial charge on any atom is 0.212 e. The topological polar surface area (TPSA) is 39.2 Å². The van der Waals surface area contributed by atoms with Crippen LogP contribution in [0.5, 0.6) is 5.75 Å². The van der Waals surface area contributed by atoms with E-state index in [0.717, 1.165) is 10.8 Å². The molecule has 0 fully saturated rings. The molecule has 0 aliphatic rings. The minimum absolute atomic E-state index is 0.151. The van der Waals surface area contributed by atoms with Crippen molar-refractivity contribution in [2.24, 2.45) is 0 Å². The average Bonchev–Trinajstić information content (AvgIpc) is 2.54. The fourth-order valence-electron chi connectivity index (χ4n) is 2.24. The van der Waals surface area contributed by atoms with Gasteiger partial charge in [-0.2, -0.15) is 0 Å². The Morgan fingerprint density at radius 2 is 1.95 bits per heavy atom. The van der Waals surface area contributed by atoms with Gasteiger partial charge in [0.05, 0.1) is 12.1 Å². The lowest BCUT2D eigenvalue weighted by atomic mass is 10.0. The maximum atomic E-state index is 12.7. The van der Waals surface area contributed by atoms with E-state index >= 15 is 0 Å². The summed E-state index contributed by atoms with van der Waals surface area (Å²) >= 11 is 5.99. The SMILES string of the molecule is COc1cc(C(=O)c2nccc3ccccc23)ccc1Cl. The van der Waals surface area contributed by atoms with E-state index in [1.165, 1.54) is 7.11 Å². The lowest BCUT2D eigenvalue weighted by molar-refractivity contribution is 0.103. The second kappa shape index (κ2) is 5.54. The highest BCUT2D eigenvalue weighted by atomic mass is 35.5. The zero-order valence-electron chi connectivity index (χ0n) is 11.3. The molecule has 21 heavy (non-hydrogen) atoms. The fraction of sp³-hybridized carbons (Fsp3) is 0.0588. The molecule has 0 spiro atoms. The van der Waals surface area contributed by atoms with Crippen LogP contribution >= 0.6 is 11.6 Å². The number of methoxy groups -OCH3 is 1. The van der Waals surface area contributed by atoms with E-state index < -0.39 is 0 Å². The van der Waals surface area contributed by atoms with Gasteiger partial charge in [0.25, 0.3) is 0 Å². The van der Waals surface area contributed by atoms with Crippen LogP contribution in [-0.4, -0.2) is 17.9 Å². The number of halogens is 1. The first-order chi connectivity index (χ1) is 10.2. The molecule has 1 aromatic heterocycles. The molecule has 104 valence electrons. The summed E-state index contributed by atoms with van der Waals surface area (Å²) in [5.74, 6) is 0.324. The van der Waals surface area contributed by atoms with Gasteiger partial charge in [-0.25, -0.2) is 0 Å². The first kappa shape index (κ1) is 13.6. The van der Waals surface area contributed by atoms with Crippen molar-refractivity contribution >= 4 is 28.2 Å². The van der Waals surface area contributed by atoms with Crippen molar-refractivity contribution in [3.05, 3.63) is 71.0 Å². The minimum Gasteiger partial charge on any atom is -0.495 e. The van der Waals surface area contributed by atoms with E-state index in [1.807, 2.05) is 30.3 Å². The number of fused-ring (bicyclic) bond motifs is 1. The lowest BCUT2D eigenvalue weighted by Gasteiger charge is -2.07. The first-order valence-corrected chi connectivity index (χ1v) is 6.80. The molecule has 0 N–H and O–H groups in total. The number of benzene rings is 2. The number of hydrogen-bond acceptors (Lipinski definition) is 3. The van der Waals surface area contributed by atoms with Crippen LogP contribution < -0.4 is 4.74 Å². The Morgan fingerprint density at radius 3 is 2.76 bits per heavy atom. The molecule has 0 aliphatic heterocycles. The molecule has 0 saturated heterocycles. The highest BCUT2D eigenvalue weighted by Crippen LogP contribution is 2.27. The lowest BCUT2D eigenvalue weighted by Crippen LogP contribution is -2.05. The van der Waals surface area contributed by atoms with Gasteiger partial charge < -0.3 is 4.74 Å². The molecule has 0 atom stereocenters. The zero-order valence-corrected chi connectivity index (χ0v) is 12.1. The van der Waals surface area contributed by atoms with Gasteiger partial charge in [-0.1, -0.05) is 35.9 Å². The van der Waals surface area contributed by atoms with Crippen molar-refractivity contribution in [1.29, 1.82) is 0 Å². The monoisotopic (exact) mass is 297 g/mol. The average molecular weight is 298 g/mol. The van der Waals surface area contributed by atoms with Crippen LogP contribution in [0.1, 0.15) is 16.1 Å². The van der Waals surface area contributed by atoms with E-state index in [0.29, 0.717) is 22.0 Å². The molecule has 3 nitrogen and oxygen atoms in total. The predicted molar refractivity (Wildman–Crippen MR) is 83.2 cm³/mol. The van der Waals surface area contributed by atoms with Crippen LogP contribution in [0.3, 0.4) is 0 Å². The smallest absolute Gasteiger partial charge is 0.212 e. The summed E-state index contributed by atoms with van der Waals surface area (Å²) in [5, 5.41) is 2.29. The molecule has 0 aliphatic carbocycles. The van der Waals surface area contributed by atoms with E-state index in [-0.39, 0.29) is 5.78 Å². The van der Waals surface area contributed by atoms with Gasteiger partial charge in [0.1, 0.15) is 11.4 Å². The van der Waals surface area contributed by atoms with Crippen LogP contribution in [0.4, 0.5) is 0 Å². The molecule has 4 heteroatoms. The normalized spacial score (nSPS) is 10.6. The number of aromatic nitrogens is 1. The van der Waals surface area contributed by atoms with E-state index in [9.17, 15) is 4.79 Å². The number of hydrogen-bond donors (Lipinski definition) is 0. The largest absolute Gasteiger partial charge is 0.495 e.